The van der Waals surface area contributed by atoms with E-state index in [1.165, 1.54) is 10.6 Å². The number of allylic oxidation sites excluding steroid dienone is 2. The first-order chi connectivity index (χ1) is 12.6. The number of benzene rings is 2. The van der Waals surface area contributed by atoms with Crippen LogP contribution in [0, 0.1) is 0 Å². The minimum absolute atomic E-state index is 0.0190. The van der Waals surface area contributed by atoms with Crippen LogP contribution in [0.5, 0.6) is 5.75 Å². The van der Waals surface area contributed by atoms with Crippen LogP contribution >= 0.6 is 11.8 Å². The highest BCUT2D eigenvalue weighted by Gasteiger charge is 2.32. The van der Waals surface area contributed by atoms with Crippen molar-refractivity contribution in [2.45, 2.75) is 11.1 Å². The summed E-state index contributed by atoms with van der Waals surface area (Å²) in [6, 6.07) is 15.7. The quantitative estimate of drug-likeness (QED) is 0.747. The number of thioether (sulfide) groups is 1. The molecule has 5 heteroatoms. The molecule has 0 N–H and O–H groups in total. The van der Waals surface area contributed by atoms with Gasteiger partial charge in [-0.05, 0) is 50.5 Å². The largest absolute Gasteiger partial charge is 0.470 e. The molecule has 2 aromatic carbocycles. The smallest absolute Gasteiger partial charge is 0.197 e. The lowest BCUT2D eigenvalue weighted by Crippen LogP contribution is -2.41. The summed E-state index contributed by atoms with van der Waals surface area (Å²) >= 11 is 1.71. The van der Waals surface area contributed by atoms with Gasteiger partial charge in [0.25, 0.3) is 0 Å². The van der Waals surface area contributed by atoms with Crippen molar-refractivity contribution in [3.63, 3.8) is 0 Å². The molecular formula is C21H20N2O2S. The highest BCUT2D eigenvalue weighted by atomic mass is 32.2. The standard InChI is InChI=1S/C21H20N2O2S/c1-22(2)21-15(20(24)14-8-4-6-10-17(14)25-21)12-13-19-23(3)16-9-5-7-11-18(16)26-19/h4-13,21H,1-3H3/b15-12+,19-13+. The van der Waals surface area contributed by atoms with E-state index in [0.29, 0.717) is 16.9 Å². The van der Waals surface area contributed by atoms with Gasteiger partial charge < -0.3 is 9.64 Å². The molecule has 1 atom stereocenters. The van der Waals surface area contributed by atoms with Crippen LogP contribution in [0.3, 0.4) is 0 Å². The van der Waals surface area contributed by atoms with Gasteiger partial charge >= 0.3 is 0 Å². The number of para-hydroxylation sites is 2. The Morgan fingerprint density at radius 1 is 1.08 bits per heavy atom. The Morgan fingerprint density at radius 2 is 1.81 bits per heavy atom. The summed E-state index contributed by atoms with van der Waals surface area (Å²) in [7, 11) is 5.87. The lowest BCUT2D eigenvalue weighted by Gasteiger charge is -2.31. The molecule has 26 heavy (non-hydrogen) atoms. The lowest BCUT2D eigenvalue weighted by atomic mass is 9.97. The molecule has 0 spiro atoms. The van der Waals surface area contributed by atoms with Gasteiger partial charge in [0.2, 0.25) is 0 Å². The van der Waals surface area contributed by atoms with Crippen LogP contribution in [0.15, 0.2) is 76.2 Å². The summed E-state index contributed by atoms with van der Waals surface area (Å²) in [6.07, 6.45) is 3.51. The molecule has 132 valence electrons. The Hall–Kier alpha value is -2.50. The molecule has 0 saturated carbocycles. The second-order valence-electron chi connectivity index (χ2n) is 6.51. The molecule has 0 amide bonds. The van der Waals surface area contributed by atoms with E-state index in [0.717, 1.165) is 5.03 Å². The van der Waals surface area contributed by atoms with Gasteiger partial charge in [0.05, 0.1) is 21.9 Å². The van der Waals surface area contributed by atoms with Gasteiger partial charge in [-0.25, -0.2) is 0 Å². The molecule has 2 heterocycles. The van der Waals surface area contributed by atoms with Crippen LogP contribution in [0.25, 0.3) is 0 Å². The van der Waals surface area contributed by atoms with Crippen molar-refractivity contribution in [3.8, 4) is 5.75 Å². The van der Waals surface area contributed by atoms with Gasteiger partial charge in [0.15, 0.2) is 12.0 Å². The topological polar surface area (TPSA) is 32.8 Å². The number of nitrogens with zero attached hydrogens (tertiary/aromatic N) is 2. The SMILES string of the molecule is CN1/C(=C\C=C2/C(=O)c3ccccc3OC2N(C)C)Sc2ccccc21. The van der Waals surface area contributed by atoms with Gasteiger partial charge in [-0.3, -0.25) is 9.69 Å². The number of hydrogen-bond acceptors (Lipinski definition) is 5. The van der Waals surface area contributed by atoms with Crippen molar-refractivity contribution in [3.05, 3.63) is 76.8 Å². The van der Waals surface area contributed by atoms with Crippen LogP contribution in [-0.4, -0.2) is 38.1 Å². The third-order valence-electron chi connectivity index (χ3n) is 4.54. The molecule has 0 radical (unpaired) electrons. The monoisotopic (exact) mass is 364 g/mol. The van der Waals surface area contributed by atoms with E-state index in [9.17, 15) is 4.79 Å². The van der Waals surface area contributed by atoms with Gasteiger partial charge in [-0.15, -0.1) is 0 Å². The Kier molecular flexibility index (Phi) is 4.34. The summed E-state index contributed by atoms with van der Waals surface area (Å²) in [5.41, 5.74) is 2.44. The second-order valence-corrected chi connectivity index (χ2v) is 7.58. The van der Waals surface area contributed by atoms with Crippen LogP contribution in [0.1, 0.15) is 10.4 Å². The summed E-state index contributed by atoms with van der Waals surface area (Å²) in [4.78, 5) is 18.3. The van der Waals surface area contributed by atoms with Crippen molar-refractivity contribution >= 4 is 23.2 Å². The van der Waals surface area contributed by atoms with Crippen LogP contribution < -0.4 is 9.64 Å². The number of carbonyl (C=O) groups is 1. The van der Waals surface area contributed by atoms with Gasteiger partial charge in [-0.1, -0.05) is 36.0 Å². The fourth-order valence-corrected chi connectivity index (χ4v) is 4.23. The number of fused-ring (bicyclic) bond motifs is 2. The Labute approximate surface area is 157 Å². The van der Waals surface area contributed by atoms with Crippen LogP contribution in [0.4, 0.5) is 5.69 Å². The van der Waals surface area contributed by atoms with Crippen molar-refractivity contribution in [2.24, 2.45) is 0 Å². The fourth-order valence-electron chi connectivity index (χ4n) is 3.18. The number of anilines is 1. The zero-order valence-corrected chi connectivity index (χ0v) is 15.8. The van der Waals surface area contributed by atoms with E-state index in [2.05, 4.69) is 17.0 Å². The minimum Gasteiger partial charge on any atom is -0.470 e. The predicted octanol–water partition coefficient (Wildman–Crippen LogP) is 4.16. The Bertz CT molecular complexity index is 933. The first-order valence-electron chi connectivity index (χ1n) is 8.45. The maximum Gasteiger partial charge on any atom is 0.197 e. The van der Waals surface area contributed by atoms with E-state index in [1.54, 1.807) is 11.8 Å². The van der Waals surface area contributed by atoms with Gasteiger partial charge in [-0.2, -0.15) is 0 Å². The number of carbonyl (C=O) groups excluding carboxylic acids is 1. The van der Waals surface area contributed by atoms with E-state index in [-0.39, 0.29) is 5.78 Å². The molecule has 0 saturated heterocycles. The Balaban J connectivity index is 1.71. The molecule has 0 aromatic heterocycles. The third kappa shape index (κ3) is 2.83. The molecule has 2 aliphatic rings. The second kappa shape index (κ2) is 6.67. The van der Waals surface area contributed by atoms with Gasteiger partial charge in [0.1, 0.15) is 5.75 Å². The molecule has 2 aliphatic heterocycles. The molecule has 0 bridgehead atoms. The minimum atomic E-state index is -0.395. The van der Waals surface area contributed by atoms with Gasteiger partial charge in [0, 0.05) is 11.9 Å². The average molecular weight is 364 g/mol. The lowest BCUT2D eigenvalue weighted by molar-refractivity contribution is 0.0699. The van der Waals surface area contributed by atoms with Crippen molar-refractivity contribution < 1.29 is 9.53 Å². The third-order valence-corrected chi connectivity index (χ3v) is 5.73. The first-order valence-corrected chi connectivity index (χ1v) is 9.27. The first kappa shape index (κ1) is 16.9. The molecule has 4 rings (SSSR count). The molecule has 0 aliphatic carbocycles. The Morgan fingerprint density at radius 3 is 2.58 bits per heavy atom. The summed E-state index contributed by atoms with van der Waals surface area (Å²) in [6.45, 7) is 0. The summed E-state index contributed by atoms with van der Waals surface area (Å²) in [5, 5.41) is 1.09. The maximum absolute atomic E-state index is 13.0. The molecule has 0 fully saturated rings. The number of Topliss-reactive ketones (excluding diaryl/α,β-unsaturated/α-hetero) is 1. The highest BCUT2D eigenvalue weighted by molar-refractivity contribution is 8.03. The van der Waals surface area contributed by atoms with E-state index in [4.69, 9.17) is 4.74 Å². The van der Waals surface area contributed by atoms with E-state index < -0.39 is 6.23 Å². The van der Waals surface area contributed by atoms with Crippen molar-refractivity contribution in [2.75, 3.05) is 26.0 Å². The van der Waals surface area contributed by atoms with Crippen molar-refractivity contribution in [1.29, 1.82) is 0 Å². The number of ketones is 1. The zero-order chi connectivity index (χ0) is 18.3. The van der Waals surface area contributed by atoms with Crippen molar-refractivity contribution in [1.82, 2.24) is 4.90 Å². The fraction of sp³-hybridized carbons (Fsp3) is 0.190. The predicted molar refractivity (Wildman–Crippen MR) is 106 cm³/mol. The molecular weight excluding hydrogens is 344 g/mol. The highest BCUT2D eigenvalue weighted by Crippen LogP contribution is 2.44. The number of hydrogen-bond donors (Lipinski definition) is 0. The van der Waals surface area contributed by atoms with E-state index in [1.807, 2.05) is 74.6 Å². The molecule has 4 nitrogen and oxygen atoms in total. The summed E-state index contributed by atoms with van der Waals surface area (Å²) in [5.74, 6) is 0.659. The van der Waals surface area contributed by atoms with Crippen LogP contribution in [0.2, 0.25) is 0 Å². The number of rotatable bonds is 2. The summed E-state index contributed by atoms with van der Waals surface area (Å²) < 4.78 is 6.07. The van der Waals surface area contributed by atoms with Crippen LogP contribution in [-0.2, 0) is 0 Å². The normalized spacial score (nSPS) is 21.9. The molecule has 1 unspecified atom stereocenters. The molecule has 2 aromatic rings. The number of likely N-dealkylation sites (N-methyl/N-ethyl adjacent to an activating group) is 1. The number of ether oxygens (including phenoxy) is 1. The van der Waals surface area contributed by atoms with E-state index >= 15 is 0 Å². The average Bonchev–Trinajstić information content (AvgIpc) is 2.97. The zero-order valence-electron chi connectivity index (χ0n) is 15.0. The maximum atomic E-state index is 13.0.